The van der Waals surface area contributed by atoms with Crippen molar-refractivity contribution in [2.75, 3.05) is 19.5 Å². The Morgan fingerprint density at radius 1 is 1.25 bits per heavy atom. The van der Waals surface area contributed by atoms with Crippen LogP contribution in [-0.2, 0) is 24.1 Å². The van der Waals surface area contributed by atoms with Gasteiger partial charge in [-0.15, -0.1) is 0 Å². The van der Waals surface area contributed by atoms with E-state index in [1.54, 1.807) is 32.9 Å². The number of hydrogen-bond donors (Lipinski definition) is 1. The van der Waals surface area contributed by atoms with E-state index < -0.39 is 21.4 Å². The van der Waals surface area contributed by atoms with Crippen LogP contribution in [0.5, 0.6) is 0 Å². The molecular weight excluding hydrogens is 332 g/mol. The summed E-state index contributed by atoms with van der Waals surface area (Å²) in [5, 5.41) is 9.10. The third-order valence-corrected chi connectivity index (χ3v) is 4.89. The second-order valence-electron chi connectivity index (χ2n) is 6.50. The van der Waals surface area contributed by atoms with Crippen molar-refractivity contribution < 1.29 is 27.8 Å². The minimum absolute atomic E-state index is 0.0515. The highest BCUT2D eigenvalue weighted by atomic mass is 32.2. The van der Waals surface area contributed by atoms with Crippen molar-refractivity contribution in [3.63, 3.8) is 0 Å². The summed E-state index contributed by atoms with van der Waals surface area (Å²) in [6.07, 6.45) is 1.14. The van der Waals surface area contributed by atoms with Gasteiger partial charge in [-0.2, -0.15) is 0 Å². The van der Waals surface area contributed by atoms with Crippen molar-refractivity contribution in [2.24, 2.45) is 5.92 Å². The highest BCUT2D eigenvalue weighted by Gasteiger charge is 2.42. The molecule has 0 fully saturated rings. The number of cyclic esters (lactones) is 1. The van der Waals surface area contributed by atoms with E-state index in [9.17, 15) is 13.2 Å². The Morgan fingerprint density at radius 2 is 1.83 bits per heavy atom. The molecule has 1 aromatic rings. The Bertz CT molecular complexity index is 759. The zero-order valence-corrected chi connectivity index (χ0v) is 15.0. The molecule has 1 aliphatic heterocycles. The average molecular weight is 354 g/mol. The largest absolute Gasteiger partial charge is 0.486 e. The topological polar surface area (TPSA) is 89.9 Å². The molecule has 0 aromatic heterocycles. The molecule has 0 spiro atoms. The molecular formula is C17H22O6S. The van der Waals surface area contributed by atoms with Crippen LogP contribution in [0, 0.1) is 5.92 Å². The first-order chi connectivity index (χ1) is 11.1. The van der Waals surface area contributed by atoms with Crippen LogP contribution in [0.4, 0.5) is 0 Å². The van der Waals surface area contributed by atoms with E-state index in [2.05, 4.69) is 0 Å². The smallest absolute Gasteiger partial charge is 0.374 e. The van der Waals surface area contributed by atoms with Crippen molar-refractivity contribution in [1.29, 1.82) is 0 Å². The van der Waals surface area contributed by atoms with Gasteiger partial charge in [0.2, 0.25) is 5.76 Å². The predicted molar refractivity (Wildman–Crippen MR) is 88.8 cm³/mol. The molecule has 1 heterocycles. The molecule has 1 atom stereocenters. The zero-order valence-electron chi connectivity index (χ0n) is 14.2. The number of carbonyl (C=O) groups excluding carboxylic acids is 1. The summed E-state index contributed by atoms with van der Waals surface area (Å²) in [6, 6.07) is 6.25. The Kier molecular flexibility index (Phi) is 5.05. The van der Waals surface area contributed by atoms with Gasteiger partial charge in [0, 0.05) is 18.8 Å². The lowest BCUT2D eigenvalue weighted by atomic mass is 9.92. The minimum Gasteiger partial charge on any atom is -0.486 e. The summed E-state index contributed by atoms with van der Waals surface area (Å²) in [5.74, 6) is -0.581. The number of sulfone groups is 1. The van der Waals surface area contributed by atoms with Gasteiger partial charge in [0.15, 0.2) is 9.84 Å². The number of benzene rings is 1. The van der Waals surface area contributed by atoms with Gasteiger partial charge in [-0.05, 0) is 31.5 Å². The fourth-order valence-corrected chi connectivity index (χ4v) is 3.09. The Morgan fingerprint density at radius 3 is 2.33 bits per heavy atom. The third kappa shape index (κ3) is 3.79. The quantitative estimate of drug-likeness (QED) is 0.783. The second-order valence-corrected chi connectivity index (χ2v) is 8.51. The standard InChI is InChI=1S/C17H22O6S/c1-11(9-18)10-22-15-14(17(2,3)23-16(15)19)12-5-7-13(8-6-12)24(4,20)21/h5-8,11,18H,9-10H2,1-4H3. The van der Waals surface area contributed by atoms with Crippen LogP contribution in [0.15, 0.2) is 34.9 Å². The van der Waals surface area contributed by atoms with Crippen molar-refractivity contribution in [2.45, 2.75) is 31.3 Å². The fourth-order valence-electron chi connectivity index (χ4n) is 2.46. The summed E-state index contributed by atoms with van der Waals surface area (Å²) in [6.45, 7) is 5.42. The third-order valence-electron chi connectivity index (χ3n) is 3.76. The molecule has 0 amide bonds. The van der Waals surface area contributed by atoms with Gasteiger partial charge < -0.3 is 14.6 Å². The Balaban J connectivity index is 2.44. The molecule has 1 aliphatic rings. The van der Waals surface area contributed by atoms with E-state index in [0.29, 0.717) is 11.1 Å². The van der Waals surface area contributed by atoms with Crippen LogP contribution in [0.25, 0.3) is 5.57 Å². The lowest BCUT2D eigenvalue weighted by molar-refractivity contribution is -0.147. The number of ether oxygens (including phenoxy) is 2. The van der Waals surface area contributed by atoms with E-state index in [0.717, 1.165) is 6.26 Å². The van der Waals surface area contributed by atoms with Crippen molar-refractivity contribution in [3.8, 4) is 0 Å². The van der Waals surface area contributed by atoms with Crippen LogP contribution >= 0.6 is 0 Å². The molecule has 1 N–H and O–H groups in total. The number of hydrogen-bond acceptors (Lipinski definition) is 6. The van der Waals surface area contributed by atoms with E-state index >= 15 is 0 Å². The summed E-state index contributed by atoms with van der Waals surface area (Å²) in [5.41, 5.74) is 0.337. The Labute approximate surface area is 142 Å². The van der Waals surface area contributed by atoms with Crippen LogP contribution in [0.1, 0.15) is 26.3 Å². The summed E-state index contributed by atoms with van der Waals surface area (Å²) < 4.78 is 34.1. The van der Waals surface area contributed by atoms with Gasteiger partial charge in [0.1, 0.15) is 5.60 Å². The normalized spacial score (nSPS) is 18.5. The van der Waals surface area contributed by atoms with E-state index in [4.69, 9.17) is 14.6 Å². The molecule has 7 heteroatoms. The van der Waals surface area contributed by atoms with Gasteiger partial charge in [-0.25, -0.2) is 13.2 Å². The van der Waals surface area contributed by atoms with E-state index in [1.165, 1.54) is 12.1 Å². The molecule has 132 valence electrons. The SMILES string of the molecule is CC(CO)COC1=C(c2ccc(S(C)(=O)=O)cc2)C(C)(C)OC1=O. The van der Waals surface area contributed by atoms with Gasteiger partial charge in [-0.1, -0.05) is 19.1 Å². The van der Waals surface area contributed by atoms with E-state index in [1.807, 2.05) is 0 Å². The van der Waals surface area contributed by atoms with Crippen molar-refractivity contribution in [1.82, 2.24) is 0 Å². The molecule has 24 heavy (non-hydrogen) atoms. The molecule has 1 aromatic carbocycles. The first-order valence-electron chi connectivity index (χ1n) is 7.58. The fraction of sp³-hybridized carbons (Fsp3) is 0.471. The van der Waals surface area contributed by atoms with Crippen LogP contribution < -0.4 is 0 Å². The summed E-state index contributed by atoms with van der Waals surface area (Å²) in [4.78, 5) is 12.3. The molecule has 6 nitrogen and oxygen atoms in total. The molecule has 2 rings (SSSR count). The molecule has 0 bridgehead atoms. The number of esters is 1. The van der Waals surface area contributed by atoms with Crippen molar-refractivity contribution in [3.05, 3.63) is 35.6 Å². The van der Waals surface area contributed by atoms with Gasteiger partial charge in [-0.3, -0.25) is 0 Å². The number of carbonyl (C=O) groups is 1. The highest BCUT2D eigenvalue weighted by Crippen LogP contribution is 2.40. The molecule has 1 unspecified atom stereocenters. The summed E-state index contributed by atoms with van der Waals surface area (Å²) in [7, 11) is -3.29. The summed E-state index contributed by atoms with van der Waals surface area (Å²) >= 11 is 0. The van der Waals surface area contributed by atoms with Crippen LogP contribution in [0.3, 0.4) is 0 Å². The first kappa shape index (κ1) is 18.5. The minimum atomic E-state index is -3.29. The van der Waals surface area contributed by atoms with Crippen molar-refractivity contribution >= 4 is 21.4 Å². The predicted octanol–water partition coefficient (Wildman–Crippen LogP) is 1.78. The number of rotatable bonds is 6. The lowest BCUT2D eigenvalue weighted by Gasteiger charge is -2.21. The average Bonchev–Trinajstić information content (AvgIpc) is 2.72. The van der Waals surface area contributed by atoms with Gasteiger partial charge in [0.05, 0.1) is 17.1 Å². The number of aliphatic hydroxyl groups excluding tert-OH is 1. The zero-order chi connectivity index (χ0) is 18.1. The Hall–Kier alpha value is -1.86. The highest BCUT2D eigenvalue weighted by molar-refractivity contribution is 7.90. The maximum atomic E-state index is 12.1. The second kappa shape index (κ2) is 6.57. The van der Waals surface area contributed by atoms with Gasteiger partial charge in [0.25, 0.3) is 0 Å². The molecule has 0 aliphatic carbocycles. The van der Waals surface area contributed by atoms with Crippen LogP contribution in [0.2, 0.25) is 0 Å². The van der Waals surface area contributed by atoms with Crippen LogP contribution in [-0.4, -0.2) is 44.6 Å². The molecule has 0 radical (unpaired) electrons. The molecule has 0 saturated heterocycles. The van der Waals surface area contributed by atoms with E-state index in [-0.39, 0.29) is 29.8 Å². The first-order valence-corrected chi connectivity index (χ1v) is 9.47. The van der Waals surface area contributed by atoms with Gasteiger partial charge >= 0.3 is 5.97 Å². The number of aliphatic hydroxyl groups is 1. The maximum absolute atomic E-state index is 12.1. The molecule has 0 saturated carbocycles. The maximum Gasteiger partial charge on any atom is 0.374 e. The lowest BCUT2D eigenvalue weighted by Crippen LogP contribution is -2.22. The monoisotopic (exact) mass is 354 g/mol.